The molecule has 2 rings (SSSR count). The monoisotopic (exact) mass is 275 g/mol. The predicted molar refractivity (Wildman–Crippen MR) is 62.5 cm³/mol. The van der Waals surface area contributed by atoms with Gasteiger partial charge in [-0.2, -0.15) is 0 Å². The SMILES string of the molecule is OC1(CNCc2csc(Br)c2)CCC1. The molecule has 2 nitrogen and oxygen atoms in total. The normalized spacial score (nSPS) is 19.3. The van der Waals surface area contributed by atoms with Gasteiger partial charge in [-0.25, -0.2) is 0 Å². The third-order valence-electron chi connectivity index (χ3n) is 2.69. The van der Waals surface area contributed by atoms with Gasteiger partial charge in [0, 0.05) is 13.1 Å². The Hall–Kier alpha value is 0.100. The standard InChI is InChI=1S/C10H14BrNOS/c11-9-4-8(6-14-9)5-12-7-10(13)2-1-3-10/h4,6,12-13H,1-3,5,7H2. The summed E-state index contributed by atoms with van der Waals surface area (Å²) in [6, 6.07) is 2.11. The minimum Gasteiger partial charge on any atom is -0.389 e. The van der Waals surface area contributed by atoms with E-state index in [1.165, 1.54) is 12.0 Å². The van der Waals surface area contributed by atoms with Crippen LogP contribution in [0.25, 0.3) is 0 Å². The first-order chi connectivity index (χ1) is 6.68. The first kappa shape index (κ1) is 10.6. The van der Waals surface area contributed by atoms with Crippen molar-refractivity contribution in [3.05, 3.63) is 20.8 Å². The van der Waals surface area contributed by atoms with Gasteiger partial charge in [-0.15, -0.1) is 11.3 Å². The van der Waals surface area contributed by atoms with E-state index in [1.54, 1.807) is 11.3 Å². The lowest BCUT2D eigenvalue weighted by Crippen LogP contribution is -2.45. The van der Waals surface area contributed by atoms with Gasteiger partial charge < -0.3 is 10.4 Å². The topological polar surface area (TPSA) is 32.3 Å². The molecule has 1 fully saturated rings. The van der Waals surface area contributed by atoms with Gasteiger partial charge in [0.1, 0.15) is 0 Å². The van der Waals surface area contributed by atoms with Gasteiger partial charge in [-0.1, -0.05) is 0 Å². The maximum Gasteiger partial charge on any atom is 0.0771 e. The van der Waals surface area contributed by atoms with Crippen LogP contribution in [-0.2, 0) is 6.54 Å². The molecule has 0 amide bonds. The van der Waals surface area contributed by atoms with Crippen LogP contribution >= 0.6 is 27.3 Å². The Morgan fingerprint density at radius 1 is 1.57 bits per heavy atom. The second-order valence-corrected chi connectivity index (χ2v) is 6.23. The van der Waals surface area contributed by atoms with Crippen LogP contribution < -0.4 is 5.32 Å². The van der Waals surface area contributed by atoms with E-state index in [0.717, 1.165) is 29.7 Å². The molecule has 1 aromatic rings. The molecule has 78 valence electrons. The van der Waals surface area contributed by atoms with Gasteiger partial charge in [0.2, 0.25) is 0 Å². The van der Waals surface area contributed by atoms with Crippen molar-refractivity contribution in [3.8, 4) is 0 Å². The van der Waals surface area contributed by atoms with Crippen LogP contribution in [0.2, 0.25) is 0 Å². The molecule has 14 heavy (non-hydrogen) atoms. The van der Waals surface area contributed by atoms with Gasteiger partial charge in [0.25, 0.3) is 0 Å². The third-order valence-corrected chi connectivity index (χ3v) is 4.24. The van der Waals surface area contributed by atoms with E-state index in [9.17, 15) is 5.11 Å². The Bertz CT molecular complexity index is 309. The molecule has 0 aromatic carbocycles. The van der Waals surface area contributed by atoms with Gasteiger partial charge in [0.15, 0.2) is 0 Å². The molecular formula is C10H14BrNOS. The lowest BCUT2D eigenvalue weighted by atomic mass is 9.80. The zero-order valence-corrected chi connectivity index (χ0v) is 10.3. The van der Waals surface area contributed by atoms with Crippen molar-refractivity contribution >= 4 is 27.3 Å². The molecule has 0 aliphatic heterocycles. The number of rotatable bonds is 4. The average Bonchev–Trinajstić information content (AvgIpc) is 2.49. The minimum absolute atomic E-state index is 0.409. The molecule has 1 aliphatic carbocycles. The van der Waals surface area contributed by atoms with Crippen LogP contribution in [0, 0.1) is 0 Å². The van der Waals surface area contributed by atoms with Crippen LogP contribution in [-0.4, -0.2) is 17.3 Å². The number of aliphatic hydroxyl groups is 1. The summed E-state index contributed by atoms with van der Waals surface area (Å²) >= 11 is 5.13. The maximum absolute atomic E-state index is 9.82. The molecule has 1 aliphatic rings. The second-order valence-electron chi connectivity index (χ2n) is 3.94. The summed E-state index contributed by atoms with van der Waals surface area (Å²) in [7, 11) is 0. The van der Waals surface area contributed by atoms with Crippen molar-refractivity contribution < 1.29 is 5.11 Å². The van der Waals surface area contributed by atoms with E-state index in [2.05, 4.69) is 32.7 Å². The summed E-state index contributed by atoms with van der Waals surface area (Å²) in [4.78, 5) is 0. The fraction of sp³-hybridized carbons (Fsp3) is 0.600. The molecule has 0 atom stereocenters. The van der Waals surface area contributed by atoms with E-state index in [4.69, 9.17) is 0 Å². The molecule has 1 saturated carbocycles. The Labute approximate surface area is 96.5 Å². The summed E-state index contributed by atoms with van der Waals surface area (Å²) in [5.74, 6) is 0. The fourth-order valence-electron chi connectivity index (χ4n) is 1.64. The summed E-state index contributed by atoms with van der Waals surface area (Å²) in [6.45, 7) is 1.57. The fourth-order valence-corrected chi connectivity index (χ4v) is 2.85. The predicted octanol–water partition coefficient (Wildman–Crippen LogP) is 2.52. The molecule has 0 spiro atoms. The summed E-state index contributed by atoms with van der Waals surface area (Å²) in [5.41, 5.74) is 0.873. The van der Waals surface area contributed by atoms with Crippen LogP contribution in [0.5, 0.6) is 0 Å². The molecule has 4 heteroatoms. The molecular weight excluding hydrogens is 262 g/mol. The maximum atomic E-state index is 9.82. The van der Waals surface area contributed by atoms with Gasteiger partial charge >= 0.3 is 0 Å². The number of halogens is 1. The first-order valence-electron chi connectivity index (χ1n) is 4.84. The minimum atomic E-state index is -0.409. The molecule has 0 bridgehead atoms. The van der Waals surface area contributed by atoms with E-state index in [0.29, 0.717) is 0 Å². The van der Waals surface area contributed by atoms with Gasteiger partial charge in [-0.05, 0) is 52.2 Å². The number of hydrogen-bond acceptors (Lipinski definition) is 3. The number of thiophene rings is 1. The van der Waals surface area contributed by atoms with Crippen LogP contribution in [0.4, 0.5) is 0 Å². The highest BCUT2D eigenvalue weighted by atomic mass is 79.9. The van der Waals surface area contributed by atoms with Crippen LogP contribution in [0.3, 0.4) is 0 Å². The largest absolute Gasteiger partial charge is 0.389 e. The molecule has 0 unspecified atom stereocenters. The first-order valence-corrected chi connectivity index (χ1v) is 6.51. The highest BCUT2D eigenvalue weighted by molar-refractivity contribution is 9.11. The highest BCUT2D eigenvalue weighted by Gasteiger charge is 2.33. The zero-order chi connectivity index (χ0) is 10.0. The molecule has 2 N–H and O–H groups in total. The van der Waals surface area contributed by atoms with Crippen molar-refractivity contribution in [3.63, 3.8) is 0 Å². The summed E-state index contributed by atoms with van der Waals surface area (Å²) < 4.78 is 1.16. The van der Waals surface area contributed by atoms with Crippen LogP contribution in [0.15, 0.2) is 15.2 Å². The van der Waals surface area contributed by atoms with E-state index >= 15 is 0 Å². The highest BCUT2D eigenvalue weighted by Crippen LogP contribution is 2.30. The molecule has 1 heterocycles. The quantitative estimate of drug-likeness (QED) is 0.885. The lowest BCUT2D eigenvalue weighted by molar-refractivity contribution is -0.0314. The smallest absolute Gasteiger partial charge is 0.0771 e. The molecule has 0 radical (unpaired) electrons. The molecule has 0 saturated heterocycles. The van der Waals surface area contributed by atoms with E-state index in [-0.39, 0.29) is 0 Å². The van der Waals surface area contributed by atoms with Gasteiger partial charge in [0.05, 0.1) is 9.39 Å². The summed E-state index contributed by atoms with van der Waals surface area (Å²) in [6.07, 6.45) is 3.07. The van der Waals surface area contributed by atoms with Crippen molar-refractivity contribution in [1.82, 2.24) is 5.32 Å². The van der Waals surface area contributed by atoms with Crippen molar-refractivity contribution in [2.75, 3.05) is 6.54 Å². The van der Waals surface area contributed by atoms with Crippen molar-refractivity contribution in [2.24, 2.45) is 0 Å². The third kappa shape index (κ3) is 2.57. The zero-order valence-electron chi connectivity index (χ0n) is 7.92. The second kappa shape index (κ2) is 4.31. The van der Waals surface area contributed by atoms with E-state index in [1.807, 2.05) is 0 Å². The number of nitrogens with one attached hydrogen (secondary N) is 1. The molecule has 1 aromatic heterocycles. The Morgan fingerprint density at radius 3 is 2.86 bits per heavy atom. The Morgan fingerprint density at radius 2 is 2.36 bits per heavy atom. The van der Waals surface area contributed by atoms with E-state index < -0.39 is 5.60 Å². The van der Waals surface area contributed by atoms with Crippen molar-refractivity contribution in [1.29, 1.82) is 0 Å². The summed E-state index contributed by atoms with van der Waals surface area (Å²) in [5, 5.41) is 15.2. The van der Waals surface area contributed by atoms with Crippen molar-refractivity contribution in [2.45, 2.75) is 31.4 Å². The lowest BCUT2D eigenvalue weighted by Gasteiger charge is -2.36. The number of hydrogen-bond donors (Lipinski definition) is 2. The van der Waals surface area contributed by atoms with Crippen LogP contribution in [0.1, 0.15) is 24.8 Å². The van der Waals surface area contributed by atoms with Gasteiger partial charge in [-0.3, -0.25) is 0 Å². The Balaban J connectivity index is 1.72. The Kier molecular flexibility index (Phi) is 3.27. The average molecular weight is 276 g/mol.